The highest BCUT2D eigenvalue weighted by atomic mass is 28.1. The Kier molecular flexibility index (Phi) is 7.04. The molecule has 30 valence electrons. The summed E-state index contributed by atoms with van der Waals surface area (Å²) in [5.41, 5.74) is -2.50. The lowest BCUT2D eigenvalue weighted by atomic mass is 13.5. The van der Waals surface area contributed by atoms with Gasteiger partial charge in [-0.05, 0) is 0 Å². The van der Waals surface area contributed by atoms with Crippen LogP contribution in [0.2, 0.25) is 0 Å². The number of rotatable bonds is 0. The molecular weight excluding hydrogens is 99.1 g/mol. The Balaban J connectivity index is 0. The molecule has 0 N–H and O–H groups in total. The maximum atomic E-state index is 9.50. The van der Waals surface area contributed by atoms with Crippen LogP contribution in [0.1, 0.15) is 0 Å². The molecule has 0 aliphatic carbocycles. The van der Waals surface area contributed by atoms with Crippen LogP contribution in [-0.2, 0) is 0 Å². The molecule has 0 aromatic heterocycles. The highest BCUT2D eigenvalue weighted by Crippen LogP contribution is 1.82. The zero-order valence-electron chi connectivity index (χ0n) is 2.08. The van der Waals surface area contributed by atoms with E-state index in [0.29, 0.717) is 0 Å². The molecule has 5 heavy (non-hydrogen) atoms. The summed E-state index contributed by atoms with van der Waals surface area (Å²) in [6.07, 6.45) is 0. The number of hydrogen-bond acceptors (Lipinski definition) is 1. The van der Waals surface area contributed by atoms with Crippen molar-refractivity contribution < 1.29 is 13.4 Å². The lowest BCUT2D eigenvalue weighted by Gasteiger charge is -1.67. The Bertz CT molecular complexity index is 11.6. The summed E-state index contributed by atoms with van der Waals surface area (Å²) in [5, 5.41) is 0. The molecule has 0 aliphatic heterocycles. The third kappa shape index (κ3) is 14000. The van der Waals surface area contributed by atoms with E-state index < -0.39 is 5.57 Å². The number of nitrogens with zero attached hydrogens (tertiary/aromatic N) is 1. The monoisotopic (exact) mass is 99.0 g/mol. The van der Waals surface area contributed by atoms with Gasteiger partial charge in [0, 0.05) is 11.0 Å². The van der Waals surface area contributed by atoms with Crippen LogP contribution >= 0.6 is 0 Å². The molecule has 0 rings (SSSR count). The fourth-order valence-corrected chi connectivity index (χ4v) is 0. The van der Waals surface area contributed by atoms with Gasteiger partial charge in [0.15, 0.2) is 5.57 Å². The van der Waals surface area contributed by atoms with E-state index in [-0.39, 0.29) is 11.0 Å². The van der Waals surface area contributed by atoms with Crippen molar-refractivity contribution in [3.05, 3.63) is 0 Å². The van der Waals surface area contributed by atoms with Crippen LogP contribution in [0.5, 0.6) is 0 Å². The highest BCUT2D eigenvalue weighted by Gasteiger charge is 1.80. The summed E-state index contributed by atoms with van der Waals surface area (Å²) in [6, 6.07) is 0. The molecule has 0 unspecified atom stereocenters. The number of halogens is 3. The van der Waals surface area contributed by atoms with Gasteiger partial charge >= 0.3 is 0 Å². The van der Waals surface area contributed by atoms with E-state index in [1.165, 1.54) is 0 Å². The molecule has 0 bridgehead atoms. The molecule has 0 saturated heterocycles. The zero-order chi connectivity index (χ0) is 3.58. The first-order chi connectivity index (χ1) is 1.73. The molecule has 4 radical (unpaired) electrons. The molecule has 0 fully saturated rings. The lowest BCUT2D eigenvalue weighted by molar-refractivity contribution is -0.295. The van der Waals surface area contributed by atoms with Gasteiger partial charge in [0.2, 0.25) is 0 Å². The molecule has 0 atom stereocenters. The minimum Gasteiger partial charge on any atom is -0.0662 e. The van der Waals surface area contributed by atoms with Crippen molar-refractivity contribution in [1.29, 1.82) is 0 Å². The van der Waals surface area contributed by atoms with Gasteiger partial charge in [0.1, 0.15) is 0 Å². The molecule has 0 aromatic carbocycles. The van der Waals surface area contributed by atoms with Crippen molar-refractivity contribution in [2.75, 3.05) is 0 Å². The van der Waals surface area contributed by atoms with Gasteiger partial charge in [-0.1, -0.05) is 13.4 Å². The topological polar surface area (TPSA) is 3.24 Å². The predicted octanol–water partition coefficient (Wildman–Crippen LogP) is 0.561. The quantitative estimate of drug-likeness (QED) is 0.317. The largest absolute Gasteiger partial charge is 0.199 e. The smallest absolute Gasteiger partial charge is 0.0662 e. The van der Waals surface area contributed by atoms with E-state index in [4.69, 9.17) is 0 Å². The summed E-state index contributed by atoms with van der Waals surface area (Å²) in [6.45, 7) is 0. The van der Waals surface area contributed by atoms with Gasteiger partial charge in [-0.25, -0.2) is 0 Å². The van der Waals surface area contributed by atoms with Gasteiger partial charge in [-0.3, -0.25) is 0 Å². The van der Waals surface area contributed by atoms with Crippen LogP contribution in [-0.4, -0.2) is 16.5 Å². The normalized spacial score (nSPS) is 7.20. The second kappa shape index (κ2) is 3.97. The van der Waals surface area contributed by atoms with E-state index in [0.717, 1.165) is 0 Å². The lowest BCUT2D eigenvalue weighted by Crippen LogP contribution is -1.72. The minimum atomic E-state index is -2.50. The van der Waals surface area contributed by atoms with Crippen molar-refractivity contribution in [3.63, 3.8) is 0 Å². The third-order valence-electron chi connectivity index (χ3n) is 0. The molecule has 0 aliphatic rings. The van der Waals surface area contributed by atoms with Crippen molar-refractivity contribution in [1.82, 2.24) is 5.57 Å². The Morgan fingerprint density at radius 1 is 1.00 bits per heavy atom. The Morgan fingerprint density at radius 3 is 1.00 bits per heavy atom. The van der Waals surface area contributed by atoms with E-state index in [1.54, 1.807) is 0 Å². The van der Waals surface area contributed by atoms with Crippen molar-refractivity contribution >= 4 is 11.0 Å². The Hall–Kier alpha value is -0.0331. The second-order valence-electron chi connectivity index (χ2n) is 0.192. The average molecular weight is 99.1 g/mol. The van der Waals surface area contributed by atoms with Crippen molar-refractivity contribution in [2.24, 2.45) is 0 Å². The van der Waals surface area contributed by atoms with Gasteiger partial charge < -0.3 is 0 Å². The number of hydrogen-bond donors (Lipinski definition) is 0. The summed E-state index contributed by atoms with van der Waals surface area (Å²) in [4.78, 5) is 0. The van der Waals surface area contributed by atoms with Crippen LogP contribution < -0.4 is 0 Å². The maximum absolute atomic E-state index is 9.50. The van der Waals surface area contributed by atoms with E-state index >= 15 is 0 Å². The molecule has 1 nitrogen and oxygen atoms in total. The maximum Gasteiger partial charge on any atom is 0.199 e. The first-order valence-corrected chi connectivity index (χ1v) is 0.507. The Morgan fingerprint density at radius 2 is 1.00 bits per heavy atom. The van der Waals surface area contributed by atoms with Crippen LogP contribution in [0.3, 0.4) is 0 Å². The molecule has 0 saturated carbocycles. The average Bonchev–Trinajstić information content (AvgIpc) is 0.811. The van der Waals surface area contributed by atoms with E-state index in [2.05, 4.69) is 0 Å². The van der Waals surface area contributed by atoms with Crippen molar-refractivity contribution in [3.8, 4) is 0 Å². The highest BCUT2D eigenvalue weighted by molar-refractivity contribution is 5.75. The van der Waals surface area contributed by atoms with Crippen LogP contribution in [0.15, 0.2) is 0 Å². The Labute approximate surface area is 31.2 Å². The fourth-order valence-electron chi connectivity index (χ4n) is 0. The SMILES string of the molecule is FN(F)F.[Si]. The summed E-state index contributed by atoms with van der Waals surface area (Å²) in [5.74, 6) is 0. The minimum absolute atomic E-state index is 0. The summed E-state index contributed by atoms with van der Waals surface area (Å²) in [7, 11) is 0. The second-order valence-corrected chi connectivity index (χ2v) is 0.192. The van der Waals surface area contributed by atoms with Gasteiger partial charge in [-0.2, -0.15) is 0 Å². The van der Waals surface area contributed by atoms with E-state index in [9.17, 15) is 13.4 Å². The van der Waals surface area contributed by atoms with Gasteiger partial charge in [0.05, 0.1) is 0 Å². The van der Waals surface area contributed by atoms with Crippen molar-refractivity contribution in [2.45, 2.75) is 0 Å². The molecule has 5 heteroatoms. The summed E-state index contributed by atoms with van der Waals surface area (Å²) < 4.78 is 28.5. The molecule has 0 spiro atoms. The van der Waals surface area contributed by atoms with Gasteiger partial charge in [0.25, 0.3) is 0 Å². The molecule has 0 aromatic rings. The van der Waals surface area contributed by atoms with Crippen LogP contribution in [0, 0.1) is 0 Å². The summed E-state index contributed by atoms with van der Waals surface area (Å²) >= 11 is 0. The molecule has 0 amide bonds. The third-order valence-corrected chi connectivity index (χ3v) is 0. The standard InChI is InChI=1S/F3N.Si/c1-4(2)3;. The zero-order valence-corrected chi connectivity index (χ0v) is 3.08. The predicted molar refractivity (Wildman–Crippen MR) is 10.9 cm³/mol. The molecule has 0 heterocycles. The first kappa shape index (κ1) is 8.88. The van der Waals surface area contributed by atoms with Crippen LogP contribution in [0.4, 0.5) is 13.4 Å². The fraction of sp³-hybridized carbons (Fsp3) is 0. The first-order valence-electron chi connectivity index (χ1n) is 0.507. The van der Waals surface area contributed by atoms with E-state index in [1.807, 2.05) is 0 Å². The molecular formula is F3NSi. The van der Waals surface area contributed by atoms with Crippen LogP contribution in [0.25, 0.3) is 0 Å². The van der Waals surface area contributed by atoms with Gasteiger partial charge in [-0.15, -0.1) is 0 Å².